The van der Waals surface area contributed by atoms with Crippen LogP contribution in [-0.4, -0.2) is 9.97 Å². The van der Waals surface area contributed by atoms with Crippen molar-refractivity contribution >= 4 is 22.5 Å². The van der Waals surface area contributed by atoms with Gasteiger partial charge in [0.1, 0.15) is 11.3 Å². The molecule has 3 aromatic rings. The van der Waals surface area contributed by atoms with Crippen LogP contribution < -0.4 is 10.5 Å². The van der Waals surface area contributed by atoms with Crippen molar-refractivity contribution < 1.29 is 4.74 Å². The number of halogens is 1. The predicted octanol–water partition coefficient (Wildman–Crippen LogP) is 3.53. The molecule has 0 unspecified atom stereocenters. The van der Waals surface area contributed by atoms with E-state index < -0.39 is 0 Å². The average Bonchev–Trinajstić information content (AvgIpc) is 2.51. The smallest absolute Gasteiger partial charge is 0.153 e. The number of nitrogens with two attached hydrogens (primary N) is 1. The lowest BCUT2D eigenvalue weighted by atomic mass is 10.2. The summed E-state index contributed by atoms with van der Waals surface area (Å²) >= 11 is 6.16. The van der Waals surface area contributed by atoms with Gasteiger partial charge in [-0.3, -0.25) is 9.97 Å². The molecule has 0 saturated carbocycles. The third kappa shape index (κ3) is 2.31. The number of pyridine rings is 2. The predicted molar refractivity (Wildman–Crippen MR) is 79.0 cm³/mol. The van der Waals surface area contributed by atoms with E-state index in [1.165, 1.54) is 0 Å². The van der Waals surface area contributed by atoms with Crippen molar-refractivity contribution in [3.05, 3.63) is 59.5 Å². The van der Waals surface area contributed by atoms with Gasteiger partial charge in [0.15, 0.2) is 5.75 Å². The Morgan fingerprint density at radius 2 is 1.80 bits per heavy atom. The zero-order chi connectivity index (χ0) is 13.9. The molecular weight excluding hydrogens is 274 g/mol. The minimum absolute atomic E-state index is 0.315. The Bertz CT molecular complexity index is 761. The molecule has 0 atom stereocenters. The van der Waals surface area contributed by atoms with Crippen LogP contribution in [0.2, 0.25) is 5.02 Å². The van der Waals surface area contributed by atoms with Gasteiger partial charge in [0.2, 0.25) is 0 Å². The maximum Gasteiger partial charge on any atom is 0.153 e. The Hall–Kier alpha value is -2.17. The van der Waals surface area contributed by atoms with Gasteiger partial charge in [-0.2, -0.15) is 0 Å². The minimum atomic E-state index is 0.315. The molecule has 0 aliphatic heterocycles. The third-order valence-electron chi connectivity index (χ3n) is 2.94. The van der Waals surface area contributed by atoms with Crippen molar-refractivity contribution in [1.82, 2.24) is 9.97 Å². The number of benzene rings is 1. The van der Waals surface area contributed by atoms with Crippen LogP contribution >= 0.6 is 11.6 Å². The molecule has 1 aromatic carbocycles. The molecule has 0 amide bonds. The molecule has 0 aliphatic carbocycles. The molecule has 20 heavy (non-hydrogen) atoms. The summed E-state index contributed by atoms with van der Waals surface area (Å²) < 4.78 is 5.91. The Kier molecular flexibility index (Phi) is 3.50. The lowest BCUT2D eigenvalue weighted by Gasteiger charge is -2.11. The summed E-state index contributed by atoms with van der Waals surface area (Å²) in [6.45, 7) is 0.315. The topological polar surface area (TPSA) is 61.0 Å². The first-order chi connectivity index (χ1) is 9.79. The first-order valence-corrected chi connectivity index (χ1v) is 6.52. The van der Waals surface area contributed by atoms with E-state index in [2.05, 4.69) is 9.97 Å². The Labute approximate surface area is 121 Å². The minimum Gasteiger partial charge on any atom is -0.453 e. The van der Waals surface area contributed by atoms with E-state index in [1.807, 2.05) is 18.2 Å². The fourth-order valence-corrected chi connectivity index (χ4v) is 2.20. The van der Waals surface area contributed by atoms with E-state index in [0.29, 0.717) is 34.3 Å². The molecule has 3 rings (SSSR count). The van der Waals surface area contributed by atoms with E-state index in [9.17, 15) is 0 Å². The first kappa shape index (κ1) is 12.8. The van der Waals surface area contributed by atoms with Gasteiger partial charge < -0.3 is 10.5 Å². The van der Waals surface area contributed by atoms with Crippen LogP contribution in [0.1, 0.15) is 5.69 Å². The van der Waals surface area contributed by atoms with Crippen LogP contribution in [0.5, 0.6) is 11.5 Å². The molecule has 0 aliphatic rings. The van der Waals surface area contributed by atoms with Crippen LogP contribution in [0.25, 0.3) is 10.9 Å². The molecule has 0 spiro atoms. The van der Waals surface area contributed by atoms with Crippen molar-refractivity contribution in [2.75, 3.05) is 0 Å². The highest BCUT2D eigenvalue weighted by Crippen LogP contribution is 2.33. The molecule has 0 bridgehead atoms. The lowest BCUT2D eigenvalue weighted by Crippen LogP contribution is -2.02. The second kappa shape index (κ2) is 5.45. The number of aromatic nitrogens is 2. The number of hydrogen-bond donors (Lipinski definition) is 1. The molecule has 0 radical (unpaired) electrons. The van der Waals surface area contributed by atoms with Crippen LogP contribution in [-0.2, 0) is 6.54 Å². The highest BCUT2D eigenvalue weighted by molar-refractivity contribution is 6.35. The molecule has 2 heterocycles. The summed E-state index contributed by atoms with van der Waals surface area (Å²) in [5, 5.41) is 1.50. The molecule has 0 fully saturated rings. The maximum atomic E-state index is 6.16. The van der Waals surface area contributed by atoms with Gasteiger partial charge in [-0.05, 0) is 36.4 Å². The van der Waals surface area contributed by atoms with Gasteiger partial charge in [0.05, 0.1) is 10.7 Å². The fourth-order valence-electron chi connectivity index (χ4n) is 1.98. The zero-order valence-corrected chi connectivity index (χ0v) is 11.3. The maximum absolute atomic E-state index is 6.16. The van der Waals surface area contributed by atoms with E-state index in [4.69, 9.17) is 22.1 Å². The summed E-state index contributed by atoms with van der Waals surface area (Å²) in [7, 11) is 0. The average molecular weight is 286 g/mol. The molecule has 100 valence electrons. The molecule has 0 saturated heterocycles. The van der Waals surface area contributed by atoms with Crippen molar-refractivity contribution in [3.8, 4) is 11.5 Å². The molecule has 5 heteroatoms. The van der Waals surface area contributed by atoms with E-state index in [1.54, 1.807) is 30.6 Å². The van der Waals surface area contributed by atoms with Crippen LogP contribution in [0.3, 0.4) is 0 Å². The van der Waals surface area contributed by atoms with Gasteiger partial charge in [0, 0.05) is 24.3 Å². The van der Waals surface area contributed by atoms with E-state index in [-0.39, 0.29) is 0 Å². The number of nitrogens with zero attached hydrogens (tertiary/aromatic N) is 2. The highest BCUT2D eigenvalue weighted by atomic mass is 35.5. The number of hydrogen-bond acceptors (Lipinski definition) is 4. The van der Waals surface area contributed by atoms with Crippen molar-refractivity contribution in [2.45, 2.75) is 6.54 Å². The van der Waals surface area contributed by atoms with E-state index in [0.717, 1.165) is 5.39 Å². The fraction of sp³-hybridized carbons (Fsp3) is 0.0667. The lowest BCUT2D eigenvalue weighted by molar-refractivity contribution is 0.477. The van der Waals surface area contributed by atoms with Crippen molar-refractivity contribution in [2.24, 2.45) is 5.73 Å². The second-order valence-electron chi connectivity index (χ2n) is 4.20. The van der Waals surface area contributed by atoms with Gasteiger partial charge in [0.25, 0.3) is 0 Å². The second-order valence-corrected chi connectivity index (χ2v) is 4.61. The summed E-state index contributed by atoms with van der Waals surface area (Å²) in [5.74, 6) is 1.26. The zero-order valence-electron chi connectivity index (χ0n) is 10.6. The number of rotatable bonds is 3. The molecule has 2 N–H and O–H groups in total. The summed E-state index contributed by atoms with van der Waals surface area (Å²) in [6.07, 6.45) is 3.39. The Balaban J connectivity index is 2.09. The van der Waals surface area contributed by atoms with Gasteiger partial charge in [-0.25, -0.2) is 0 Å². The number of ether oxygens (including phenoxy) is 1. The van der Waals surface area contributed by atoms with Crippen molar-refractivity contribution in [3.63, 3.8) is 0 Å². The standard InChI is InChI=1S/C15H12ClN3O/c16-11-5-6-14(15-10(11)3-1-8-19-15)20-13-4-2-7-18-12(13)9-17/h1-8H,9,17H2. The van der Waals surface area contributed by atoms with Crippen LogP contribution in [0, 0.1) is 0 Å². The summed E-state index contributed by atoms with van der Waals surface area (Å²) in [5.41, 5.74) is 7.08. The summed E-state index contributed by atoms with van der Waals surface area (Å²) in [4.78, 5) is 8.53. The summed E-state index contributed by atoms with van der Waals surface area (Å²) in [6, 6.07) is 11.0. The Morgan fingerprint density at radius 3 is 2.65 bits per heavy atom. The SMILES string of the molecule is NCc1ncccc1Oc1ccc(Cl)c2cccnc12. The van der Waals surface area contributed by atoms with Gasteiger partial charge >= 0.3 is 0 Å². The first-order valence-electron chi connectivity index (χ1n) is 6.14. The third-order valence-corrected chi connectivity index (χ3v) is 3.27. The molecular formula is C15H12ClN3O. The number of fused-ring (bicyclic) bond motifs is 1. The van der Waals surface area contributed by atoms with Gasteiger partial charge in [-0.15, -0.1) is 0 Å². The largest absolute Gasteiger partial charge is 0.453 e. The van der Waals surface area contributed by atoms with Gasteiger partial charge in [-0.1, -0.05) is 11.6 Å². The quantitative estimate of drug-likeness (QED) is 0.799. The highest BCUT2D eigenvalue weighted by Gasteiger charge is 2.10. The van der Waals surface area contributed by atoms with Crippen LogP contribution in [0.15, 0.2) is 48.8 Å². The van der Waals surface area contributed by atoms with Crippen molar-refractivity contribution in [1.29, 1.82) is 0 Å². The Morgan fingerprint density at radius 1 is 1.00 bits per heavy atom. The van der Waals surface area contributed by atoms with Crippen LogP contribution in [0.4, 0.5) is 0 Å². The monoisotopic (exact) mass is 285 g/mol. The molecule has 2 aromatic heterocycles. The normalized spacial score (nSPS) is 10.7. The van der Waals surface area contributed by atoms with E-state index >= 15 is 0 Å². The molecule has 4 nitrogen and oxygen atoms in total.